The molecule has 3 unspecified atom stereocenters. The van der Waals surface area contributed by atoms with Crippen LogP contribution in [0.1, 0.15) is 30.7 Å². The number of fused-ring (bicyclic) bond motifs is 2. The molecule has 3 rings (SSSR count). The van der Waals surface area contributed by atoms with Crippen LogP contribution in [0.4, 0.5) is 5.69 Å². The van der Waals surface area contributed by atoms with Crippen LogP contribution in [-0.2, 0) is 4.79 Å². The zero-order chi connectivity index (χ0) is 12.9. The van der Waals surface area contributed by atoms with Gasteiger partial charge in [-0.05, 0) is 36.5 Å². The van der Waals surface area contributed by atoms with Crippen molar-refractivity contribution >= 4 is 27.6 Å². The van der Waals surface area contributed by atoms with E-state index in [0.29, 0.717) is 6.04 Å². The molecular formula is C14H16BrNO2. The Balaban J connectivity index is 2.15. The molecule has 96 valence electrons. The molecule has 18 heavy (non-hydrogen) atoms. The third kappa shape index (κ3) is 1.66. The topological polar surface area (TPSA) is 40.5 Å². The molecule has 0 aromatic heterocycles. The quantitative estimate of drug-likeness (QED) is 0.866. The molecular weight excluding hydrogens is 294 g/mol. The predicted molar refractivity (Wildman–Crippen MR) is 74.1 cm³/mol. The maximum absolute atomic E-state index is 11.6. The van der Waals surface area contributed by atoms with Gasteiger partial charge in [-0.15, -0.1) is 0 Å². The van der Waals surface area contributed by atoms with Gasteiger partial charge in [-0.3, -0.25) is 4.79 Å². The normalized spacial score (nSPS) is 29.9. The molecule has 0 radical (unpaired) electrons. The molecule has 1 aromatic rings. The first kappa shape index (κ1) is 12.0. The second-order valence-corrected chi connectivity index (χ2v) is 6.21. The van der Waals surface area contributed by atoms with Crippen LogP contribution in [0.25, 0.3) is 0 Å². The number of anilines is 1. The third-order valence-corrected chi connectivity index (χ3v) is 4.92. The van der Waals surface area contributed by atoms with Gasteiger partial charge in [0.2, 0.25) is 0 Å². The number of hydrogen-bond donors (Lipinski definition) is 1. The van der Waals surface area contributed by atoms with Gasteiger partial charge in [0.1, 0.15) is 0 Å². The number of aliphatic carboxylic acids is 1. The van der Waals surface area contributed by atoms with Crippen LogP contribution in [0.2, 0.25) is 0 Å². The minimum absolute atomic E-state index is 0.265. The van der Waals surface area contributed by atoms with E-state index in [4.69, 9.17) is 0 Å². The van der Waals surface area contributed by atoms with Gasteiger partial charge in [-0.25, -0.2) is 0 Å². The summed E-state index contributed by atoms with van der Waals surface area (Å²) in [5, 5.41) is 9.56. The fraction of sp³-hybridized carbons (Fsp3) is 0.500. The Morgan fingerprint density at radius 2 is 2.22 bits per heavy atom. The van der Waals surface area contributed by atoms with Crippen LogP contribution < -0.4 is 4.90 Å². The third-order valence-electron chi connectivity index (χ3n) is 4.43. The lowest BCUT2D eigenvalue weighted by molar-refractivity contribution is -0.140. The average molecular weight is 310 g/mol. The second-order valence-electron chi connectivity index (χ2n) is 5.29. The van der Waals surface area contributed by atoms with Gasteiger partial charge < -0.3 is 10.0 Å². The molecule has 4 heteroatoms. The van der Waals surface area contributed by atoms with Crippen LogP contribution in [0.5, 0.6) is 0 Å². The van der Waals surface area contributed by atoms with Crippen LogP contribution in [-0.4, -0.2) is 24.2 Å². The Bertz CT molecular complexity index is 503. The lowest BCUT2D eigenvalue weighted by Gasteiger charge is -2.41. The smallest absolute Gasteiger partial charge is 0.311 e. The van der Waals surface area contributed by atoms with Gasteiger partial charge in [0, 0.05) is 23.2 Å². The summed E-state index contributed by atoms with van der Waals surface area (Å²) in [5.41, 5.74) is 2.04. The molecule has 1 aliphatic carbocycles. The molecule has 0 spiro atoms. The highest BCUT2D eigenvalue weighted by molar-refractivity contribution is 9.10. The Hall–Kier alpha value is -1.03. The second kappa shape index (κ2) is 4.26. The molecule has 3 atom stereocenters. The minimum Gasteiger partial charge on any atom is -0.481 e. The summed E-state index contributed by atoms with van der Waals surface area (Å²) < 4.78 is 1.01. The maximum atomic E-state index is 11.6. The summed E-state index contributed by atoms with van der Waals surface area (Å²) in [6.45, 7) is 0. The Morgan fingerprint density at radius 3 is 2.94 bits per heavy atom. The fourth-order valence-electron chi connectivity index (χ4n) is 3.65. The zero-order valence-corrected chi connectivity index (χ0v) is 11.9. The van der Waals surface area contributed by atoms with Gasteiger partial charge in [-0.2, -0.15) is 0 Å². The Kier molecular flexibility index (Phi) is 2.85. The molecule has 0 bridgehead atoms. The van der Waals surface area contributed by atoms with Crippen molar-refractivity contribution in [3.05, 3.63) is 28.2 Å². The van der Waals surface area contributed by atoms with Gasteiger partial charge in [-0.1, -0.05) is 28.4 Å². The first-order valence-electron chi connectivity index (χ1n) is 6.34. The van der Waals surface area contributed by atoms with Crippen molar-refractivity contribution < 1.29 is 9.90 Å². The van der Waals surface area contributed by atoms with E-state index >= 15 is 0 Å². The van der Waals surface area contributed by atoms with Crippen molar-refractivity contribution in [3.63, 3.8) is 0 Å². The van der Waals surface area contributed by atoms with Crippen LogP contribution >= 0.6 is 15.9 Å². The van der Waals surface area contributed by atoms with E-state index in [2.05, 4.69) is 27.9 Å². The van der Waals surface area contributed by atoms with E-state index in [1.807, 2.05) is 18.2 Å². The minimum atomic E-state index is -0.677. The monoisotopic (exact) mass is 309 g/mol. The number of hydrogen-bond acceptors (Lipinski definition) is 2. The van der Waals surface area contributed by atoms with E-state index in [0.717, 1.165) is 35.0 Å². The predicted octanol–water partition coefficient (Wildman–Crippen LogP) is 3.24. The number of rotatable bonds is 1. The highest BCUT2D eigenvalue weighted by atomic mass is 79.9. The molecule has 1 heterocycles. The molecule has 3 nitrogen and oxygen atoms in total. The molecule has 1 fully saturated rings. The van der Waals surface area contributed by atoms with Crippen LogP contribution in [0, 0.1) is 5.92 Å². The van der Waals surface area contributed by atoms with Crippen molar-refractivity contribution in [1.82, 2.24) is 0 Å². The average Bonchev–Trinajstić information content (AvgIpc) is 2.79. The summed E-state index contributed by atoms with van der Waals surface area (Å²) in [6.07, 6.45) is 3.27. The van der Waals surface area contributed by atoms with Crippen LogP contribution in [0.15, 0.2) is 22.7 Å². The van der Waals surface area contributed by atoms with E-state index < -0.39 is 5.97 Å². The van der Waals surface area contributed by atoms with Crippen molar-refractivity contribution in [2.45, 2.75) is 31.2 Å². The van der Waals surface area contributed by atoms with E-state index in [1.54, 1.807) is 0 Å². The molecule has 1 aromatic carbocycles. The highest BCUT2D eigenvalue weighted by Gasteiger charge is 2.45. The molecule has 2 aliphatic rings. The van der Waals surface area contributed by atoms with E-state index in [1.165, 1.54) is 0 Å². The van der Waals surface area contributed by atoms with Crippen molar-refractivity contribution in [2.24, 2.45) is 5.92 Å². The van der Waals surface area contributed by atoms with Crippen molar-refractivity contribution in [3.8, 4) is 0 Å². The molecule has 0 saturated heterocycles. The SMILES string of the molecule is CN1c2cc(Br)ccc2C(C(=O)O)C2CCCC21. The number of carboxylic acids is 1. The molecule has 0 amide bonds. The van der Waals surface area contributed by atoms with E-state index in [9.17, 15) is 9.90 Å². The first-order chi connectivity index (χ1) is 8.59. The van der Waals surface area contributed by atoms with Gasteiger partial charge >= 0.3 is 5.97 Å². The molecule has 1 saturated carbocycles. The van der Waals surface area contributed by atoms with Crippen LogP contribution in [0.3, 0.4) is 0 Å². The molecule has 1 N–H and O–H groups in total. The zero-order valence-electron chi connectivity index (χ0n) is 10.3. The summed E-state index contributed by atoms with van der Waals surface area (Å²) in [7, 11) is 2.09. The van der Waals surface area contributed by atoms with Crippen molar-refractivity contribution in [1.29, 1.82) is 0 Å². The van der Waals surface area contributed by atoms with Gasteiger partial charge in [0.15, 0.2) is 0 Å². The summed E-state index contributed by atoms with van der Waals surface area (Å²) in [4.78, 5) is 13.9. The number of benzene rings is 1. The first-order valence-corrected chi connectivity index (χ1v) is 7.14. The Morgan fingerprint density at radius 1 is 1.44 bits per heavy atom. The summed E-state index contributed by atoms with van der Waals surface area (Å²) >= 11 is 3.47. The number of nitrogens with zero attached hydrogens (tertiary/aromatic N) is 1. The van der Waals surface area contributed by atoms with Gasteiger partial charge in [0.25, 0.3) is 0 Å². The number of carboxylic acid groups (broad SMARTS) is 1. The number of carbonyl (C=O) groups is 1. The standard InChI is InChI=1S/C14H16BrNO2/c1-16-11-4-2-3-9(11)13(14(17)18)10-6-5-8(15)7-12(10)16/h5-7,9,11,13H,2-4H2,1H3,(H,17,18). The maximum Gasteiger partial charge on any atom is 0.311 e. The Labute approximate surface area is 115 Å². The van der Waals surface area contributed by atoms with E-state index in [-0.39, 0.29) is 11.8 Å². The number of halogens is 1. The summed E-state index contributed by atoms with van der Waals surface area (Å²) in [5.74, 6) is -0.749. The fourth-order valence-corrected chi connectivity index (χ4v) is 4.00. The highest BCUT2D eigenvalue weighted by Crippen LogP contribution is 2.48. The molecule has 1 aliphatic heterocycles. The van der Waals surface area contributed by atoms with Gasteiger partial charge in [0.05, 0.1) is 5.92 Å². The lowest BCUT2D eigenvalue weighted by atomic mass is 9.78. The lowest BCUT2D eigenvalue weighted by Crippen LogP contribution is -2.44. The summed E-state index contributed by atoms with van der Waals surface area (Å²) in [6, 6.07) is 6.33. The largest absolute Gasteiger partial charge is 0.481 e. The van der Waals surface area contributed by atoms with Crippen molar-refractivity contribution in [2.75, 3.05) is 11.9 Å².